The van der Waals surface area contributed by atoms with Gasteiger partial charge in [-0.3, -0.25) is 4.98 Å². The molecular formula is C12H8BrN3S. The van der Waals surface area contributed by atoms with Crippen molar-refractivity contribution in [3.63, 3.8) is 0 Å². The molecule has 2 heterocycles. The van der Waals surface area contributed by atoms with Crippen molar-refractivity contribution in [1.29, 1.82) is 0 Å². The minimum atomic E-state index is 0.576. The number of halogens is 1. The van der Waals surface area contributed by atoms with Crippen LogP contribution in [0, 0.1) is 0 Å². The lowest BCUT2D eigenvalue weighted by molar-refractivity contribution is 1.40. The quantitative estimate of drug-likeness (QED) is 0.746. The molecule has 2 N–H and O–H groups in total. The first-order valence-corrected chi connectivity index (χ1v) is 6.61. The highest BCUT2D eigenvalue weighted by atomic mass is 79.9. The number of nitrogens with zero attached hydrogens (tertiary/aromatic N) is 2. The number of rotatable bonds is 1. The Morgan fingerprint density at radius 1 is 1.18 bits per heavy atom. The number of anilines is 1. The summed E-state index contributed by atoms with van der Waals surface area (Å²) in [7, 11) is 0. The van der Waals surface area contributed by atoms with Gasteiger partial charge in [0.1, 0.15) is 0 Å². The second kappa shape index (κ2) is 4.09. The van der Waals surface area contributed by atoms with Crippen molar-refractivity contribution in [3.8, 4) is 10.4 Å². The first kappa shape index (κ1) is 10.7. The molecule has 0 aliphatic heterocycles. The average molecular weight is 306 g/mol. The van der Waals surface area contributed by atoms with Crippen molar-refractivity contribution in [1.82, 2.24) is 9.97 Å². The molecule has 0 bridgehead atoms. The van der Waals surface area contributed by atoms with Crippen molar-refractivity contribution >= 4 is 43.3 Å². The number of thiazole rings is 1. The van der Waals surface area contributed by atoms with Gasteiger partial charge in [0.25, 0.3) is 0 Å². The molecule has 17 heavy (non-hydrogen) atoms. The Labute approximate surface area is 110 Å². The van der Waals surface area contributed by atoms with Gasteiger partial charge in [-0.25, -0.2) is 4.98 Å². The zero-order valence-corrected chi connectivity index (χ0v) is 11.1. The van der Waals surface area contributed by atoms with E-state index in [9.17, 15) is 0 Å². The summed E-state index contributed by atoms with van der Waals surface area (Å²) in [6, 6.07) is 8.03. The van der Waals surface area contributed by atoms with E-state index in [0.717, 1.165) is 25.8 Å². The van der Waals surface area contributed by atoms with Crippen molar-refractivity contribution in [3.05, 3.63) is 41.1 Å². The highest BCUT2D eigenvalue weighted by molar-refractivity contribution is 9.10. The fourth-order valence-electron chi connectivity index (χ4n) is 1.75. The van der Waals surface area contributed by atoms with E-state index in [4.69, 9.17) is 5.73 Å². The number of hydrogen-bond donors (Lipinski definition) is 1. The van der Waals surface area contributed by atoms with Gasteiger partial charge in [0.2, 0.25) is 0 Å². The standard InChI is InChI=1S/C12H8BrN3S/c13-9-4-3-8(10-6-16-12(14)17-10)11-7(9)2-1-5-15-11/h1-6H,(H2,14,16). The molecule has 0 amide bonds. The minimum Gasteiger partial charge on any atom is -0.375 e. The zero-order chi connectivity index (χ0) is 11.8. The van der Waals surface area contributed by atoms with Crippen molar-refractivity contribution in [2.24, 2.45) is 0 Å². The van der Waals surface area contributed by atoms with Gasteiger partial charge in [0.15, 0.2) is 5.13 Å². The van der Waals surface area contributed by atoms with Crippen LogP contribution in [0.1, 0.15) is 0 Å². The van der Waals surface area contributed by atoms with Crippen LogP contribution in [0.4, 0.5) is 5.13 Å². The Bertz CT molecular complexity index is 693. The van der Waals surface area contributed by atoms with E-state index in [1.165, 1.54) is 11.3 Å². The highest BCUT2D eigenvalue weighted by Crippen LogP contribution is 2.34. The molecule has 5 heteroatoms. The number of nitrogens with two attached hydrogens (primary N) is 1. The molecule has 1 aromatic carbocycles. The van der Waals surface area contributed by atoms with E-state index < -0.39 is 0 Å². The van der Waals surface area contributed by atoms with Crippen LogP contribution >= 0.6 is 27.3 Å². The molecule has 3 rings (SSSR count). The normalized spacial score (nSPS) is 10.9. The molecule has 0 saturated carbocycles. The van der Waals surface area contributed by atoms with Gasteiger partial charge in [0.05, 0.1) is 10.4 Å². The molecule has 0 spiro atoms. The fourth-order valence-corrected chi connectivity index (χ4v) is 2.91. The third-order valence-corrected chi connectivity index (χ3v) is 4.06. The van der Waals surface area contributed by atoms with Crippen LogP contribution in [-0.2, 0) is 0 Å². The molecular weight excluding hydrogens is 298 g/mol. The predicted octanol–water partition coefficient (Wildman–Crippen LogP) is 3.70. The molecule has 2 aromatic heterocycles. The Kier molecular flexibility index (Phi) is 2.57. The van der Waals surface area contributed by atoms with Crippen molar-refractivity contribution in [2.75, 3.05) is 5.73 Å². The third-order valence-electron chi connectivity index (χ3n) is 2.51. The molecule has 0 radical (unpaired) electrons. The summed E-state index contributed by atoms with van der Waals surface area (Å²) in [5.41, 5.74) is 7.70. The first-order valence-electron chi connectivity index (χ1n) is 5.00. The molecule has 3 nitrogen and oxygen atoms in total. The molecule has 0 unspecified atom stereocenters. The van der Waals surface area contributed by atoms with Crippen LogP contribution in [0.5, 0.6) is 0 Å². The number of aromatic nitrogens is 2. The summed E-state index contributed by atoms with van der Waals surface area (Å²) in [5.74, 6) is 0. The van der Waals surface area contributed by atoms with Gasteiger partial charge < -0.3 is 5.73 Å². The van der Waals surface area contributed by atoms with E-state index in [1.54, 1.807) is 12.4 Å². The van der Waals surface area contributed by atoms with Crippen LogP contribution in [-0.4, -0.2) is 9.97 Å². The van der Waals surface area contributed by atoms with E-state index in [1.807, 2.05) is 24.3 Å². The first-order chi connectivity index (χ1) is 8.25. The summed E-state index contributed by atoms with van der Waals surface area (Å²) < 4.78 is 1.04. The minimum absolute atomic E-state index is 0.576. The van der Waals surface area contributed by atoms with Gasteiger partial charge >= 0.3 is 0 Å². The largest absolute Gasteiger partial charge is 0.375 e. The third kappa shape index (κ3) is 1.81. The molecule has 0 aliphatic rings. The maximum atomic E-state index is 5.67. The van der Waals surface area contributed by atoms with Crippen molar-refractivity contribution < 1.29 is 0 Å². The lowest BCUT2D eigenvalue weighted by atomic mass is 10.1. The second-order valence-corrected chi connectivity index (χ2v) is 5.47. The number of hydrogen-bond acceptors (Lipinski definition) is 4. The summed E-state index contributed by atoms with van der Waals surface area (Å²) >= 11 is 5.00. The van der Waals surface area contributed by atoms with Gasteiger partial charge in [-0.2, -0.15) is 0 Å². The molecule has 0 fully saturated rings. The number of fused-ring (bicyclic) bond motifs is 1. The molecule has 0 aliphatic carbocycles. The Morgan fingerprint density at radius 2 is 2.06 bits per heavy atom. The summed E-state index contributed by atoms with van der Waals surface area (Å²) in [4.78, 5) is 9.56. The maximum Gasteiger partial charge on any atom is 0.180 e. The lowest BCUT2D eigenvalue weighted by Crippen LogP contribution is -1.83. The lowest BCUT2D eigenvalue weighted by Gasteiger charge is -2.04. The van der Waals surface area contributed by atoms with Crippen LogP contribution < -0.4 is 5.73 Å². The monoisotopic (exact) mass is 305 g/mol. The number of nitrogen functional groups attached to an aromatic ring is 1. The topological polar surface area (TPSA) is 51.8 Å². The fraction of sp³-hybridized carbons (Fsp3) is 0. The number of benzene rings is 1. The van der Waals surface area contributed by atoms with E-state index in [0.29, 0.717) is 5.13 Å². The Balaban J connectivity index is 2.34. The summed E-state index contributed by atoms with van der Waals surface area (Å²) in [6.45, 7) is 0. The Hall–Kier alpha value is -1.46. The van der Waals surface area contributed by atoms with Crippen molar-refractivity contribution in [2.45, 2.75) is 0 Å². The summed E-state index contributed by atoms with van der Waals surface area (Å²) in [6.07, 6.45) is 3.58. The van der Waals surface area contributed by atoms with Gasteiger partial charge in [0, 0.05) is 27.8 Å². The molecule has 84 valence electrons. The maximum absolute atomic E-state index is 5.67. The number of pyridine rings is 1. The van der Waals surface area contributed by atoms with Crippen LogP contribution in [0.2, 0.25) is 0 Å². The van der Waals surface area contributed by atoms with E-state index >= 15 is 0 Å². The predicted molar refractivity (Wildman–Crippen MR) is 75.0 cm³/mol. The van der Waals surface area contributed by atoms with Crippen LogP contribution in [0.15, 0.2) is 41.1 Å². The van der Waals surface area contributed by atoms with Gasteiger partial charge in [-0.1, -0.05) is 39.4 Å². The van der Waals surface area contributed by atoms with Gasteiger partial charge in [-0.15, -0.1) is 0 Å². The SMILES string of the molecule is Nc1ncc(-c2ccc(Br)c3cccnc23)s1. The Morgan fingerprint density at radius 3 is 2.82 bits per heavy atom. The molecule has 0 saturated heterocycles. The molecule has 0 atom stereocenters. The van der Waals surface area contributed by atoms with E-state index in [-0.39, 0.29) is 0 Å². The second-order valence-electron chi connectivity index (χ2n) is 3.56. The highest BCUT2D eigenvalue weighted by Gasteiger charge is 2.09. The summed E-state index contributed by atoms with van der Waals surface area (Å²) in [5, 5.41) is 1.67. The van der Waals surface area contributed by atoms with Crippen LogP contribution in [0.25, 0.3) is 21.3 Å². The zero-order valence-electron chi connectivity index (χ0n) is 8.72. The smallest absolute Gasteiger partial charge is 0.180 e. The van der Waals surface area contributed by atoms with E-state index in [2.05, 4.69) is 25.9 Å². The van der Waals surface area contributed by atoms with Crippen LogP contribution in [0.3, 0.4) is 0 Å². The van der Waals surface area contributed by atoms with Gasteiger partial charge in [-0.05, 0) is 12.1 Å². The molecule has 3 aromatic rings. The average Bonchev–Trinajstić information content (AvgIpc) is 2.77.